The molecule has 0 aliphatic carbocycles. The van der Waals surface area contributed by atoms with Gasteiger partial charge in [-0.2, -0.15) is 0 Å². The maximum absolute atomic E-state index is 11.5. The van der Waals surface area contributed by atoms with Crippen molar-refractivity contribution in [2.24, 2.45) is 0 Å². The van der Waals surface area contributed by atoms with Gasteiger partial charge in [-0.15, -0.1) is 0 Å². The van der Waals surface area contributed by atoms with Crippen molar-refractivity contribution >= 4 is 40.6 Å². The van der Waals surface area contributed by atoms with E-state index in [0.29, 0.717) is 15.8 Å². The summed E-state index contributed by atoms with van der Waals surface area (Å²) in [6.45, 7) is 0. The Labute approximate surface area is 116 Å². The van der Waals surface area contributed by atoms with Crippen LogP contribution in [-0.2, 0) is 4.74 Å². The van der Waals surface area contributed by atoms with Gasteiger partial charge in [0.2, 0.25) is 0 Å². The van der Waals surface area contributed by atoms with Crippen LogP contribution in [0.3, 0.4) is 0 Å². The van der Waals surface area contributed by atoms with Crippen LogP contribution >= 0.6 is 23.8 Å². The normalized spacial score (nSPS) is 10.1. The van der Waals surface area contributed by atoms with Gasteiger partial charge in [-0.1, -0.05) is 11.6 Å². The summed E-state index contributed by atoms with van der Waals surface area (Å²) >= 11 is 11.0. The molecule has 7 heteroatoms. The molecule has 98 valence electrons. The third-order valence-corrected chi connectivity index (χ3v) is 2.48. The number of hydrogen-bond donors (Lipinski definition) is 2. The molecule has 0 amide bonds. The zero-order valence-corrected chi connectivity index (χ0v) is 11.9. The number of rotatable bonds is 3. The van der Waals surface area contributed by atoms with E-state index in [1.165, 1.54) is 7.11 Å². The predicted molar refractivity (Wildman–Crippen MR) is 75.8 cm³/mol. The number of hydrazine groups is 1. The van der Waals surface area contributed by atoms with Crippen LogP contribution in [0, 0.1) is 0 Å². The number of halogens is 1. The average molecular weight is 288 g/mol. The van der Waals surface area contributed by atoms with Crippen molar-refractivity contribution in [3.05, 3.63) is 28.8 Å². The summed E-state index contributed by atoms with van der Waals surface area (Å²) in [4.78, 5) is 11.5. The number of benzene rings is 1. The Kier molecular flexibility index (Phi) is 5.33. The minimum Gasteiger partial charge on any atom is -0.465 e. The van der Waals surface area contributed by atoms with Crippen LogP contribution in [0.2, 0.25) is 5.02 Å². The molecular formula is C11H14ClN3O2S. The van der Waals surface area contributed by atoms with Crippen LogP contribution < -0.4 is 10.7 Å². The number of anilines is 1. The minimum atomic E-state index is -0.491. The molecule has 0 bridgehead atoms. The van der Waals surface area contributed by atoms with Crippen LogP contribution in [0.1, 0.15) is 10.4 Å². The first-order chi connectivity index (χ1) is 8.43. The Morgan fingerprint density at radius 2 is 2.11 bits per heavy atom. The highest BCUT2D eigenvalue weighted by molar-refractivity contribution is 7.80. The standard InChI is InChI=1S/C11H14ClN3O2S/c1-15(2)14-11(18)13-7-4-5-9(12)8(6-7)10(16)17-3/h4-6H,1-3H3,(H2,13,14,18). The molecule has 0 spiro atoms. The lowest BCUT2D eigenvalue weighted by molar-refractivity contribution is 0.0601. The Balaban J connectivity index is 2.85. The quantitative estimate of drug-likeness (QED) is 0.503. The molecule has 5 nitrogen and oxygen atoms in total. The molecule has 18 heavy (non-hydrogen) atoms. The summed E-state index contributed by atoms with van der Waals surface area (Å²) in [7, 11) is 4.93. The Hall–Kier alpha value is -1.37. The van der Waals surface area contributed by atoms with Crippen molar-refractivity contribution in [3.63, 3.8) is 0 Å². The largest absolute Gasteiger partial charge is 0.465 e. The zero-order valence-electron chi connectivity index (χ0n) is 10.3. The van der Waals surface area contributed by atoms with Gasteiger partial charge in [0, 0.05) is 19.8 Å². The van der Waals surface area contributed by atoms with Crippen LogP contribution in [-0.4, -0.2) is 37.3 Å². The van der Waals surface area contributed by atoms with Crippen LogP contribution in [0.5, 0.6) is 0 Å². The molecule has 0 saturated carbocycles. The average Bonchev–Trinajstić information content (AvgIpc) is 2.29. The number of carbonyl (C=O) groups is 1. The highest BCUT2D eigenvalue weighted by atomic mass is 35.5. The Bertz CT molecular complexity index is 466. The van der Waals surface area contributed by atoms with Gasteiger partial charge in [-0.05, 0) is 30.4 Å². The van der Waals surface area contributed by atoms with E-state index in [1.54, 1.807) is 23.2 Å². The molecule has 0 fully saturated rings. The van der Waals surface area contributed by atoms with E-state index in [0.717, 1.165) is 0 Å². The number of nitrogens with zero attached hydrogens (tertiary/aromatic N) is 1. The fraction of sp³-hybridized carbons (Fsp3) is 0.273. The Morgan fingerprint density at radius 1 is 1.44 bits per heavy atom. The molecular weight excluding hydrogens is 274 g/mol. The molecule has 1 rings (SSSR count). The van der Waals surface area contributed by atoms with Crippen molar-refractivity contribution in [1.82, 2.24) is 10.4 Å². The number of hydrogen-bond acceptors (Lipinski definition) is 4. The summed E-state index contributed by atoms with van der Waals surface area (Å²) in [5, 5.41) is 5.38. The summed E-state index contributed by atoms with van der Waals surface area (Å²) in [5.74, 6) is -0.491. The molecule has 0 heterocycles. The molecule has 0 unspecified atom stereocenters. The topological polar surface area (TPSA) is 53.6 Å². The number of ether oxygens (including phenoxy) is 1. The molecule has 0 aromatic heterocycles. The molecule has 1 aromatic rings. The van der Waals surface area contributed by atoms with Crippen molar-refractivity contribution in [3.8, 4) is 0 Å². The van der Waals surface area contributed by atoms with Gasteiger partial charge in [0.1, 0.15) is 0 Å². The predicted octanol–water partition coefficient (Wildman–Crippen LogP) is 1.89. The van der Waals surface area contributed by atoms with Crippen LogP contribution in [0.25, 0.3) is 0 Å². The molecule has 0 aliphatic heterocycles. The summed E-state index contributed by atoms with van der Waals surface area (Å²) in [5.41, 5.74) is 3.81. The van der Waals surface area contributed by atoms with E-state index >= 15 is 0 Å². The lowest BCUT2D eigenvalue weighted by Gasteiger charge is -2.16. The smallest absolute Gasteiger partial charge is 0.339 e. The van der Waals surface area contributed by atoms with Gasteiger partial charge < -0.3 is 10.1 Å². The summed E-state index contributed by atoms with van der Waals surface area (Å²) in [6, 6.07) is 4.91. The van der Waals surface area contributed by atoms with Crippen molar-refractivity contribution in [2.75, 3.05) is 26.5 Å². The highest BCUT2D eigenvalue weighted by Gasteiger charge is 2.11. The number of thiocarbonyl (C=S) groups is 1. The van der Waals surface area contributed by atoms with E-state index in [4.69, 9.17) is 23.8 Å². The fourth-order valence-electron chi connectivity index (χ4n) is 1.23. The first-order valence-corrected chi connectivity index (χ1v) is 5.85. The van der Waals surface area contributed by atoms with E-state index in [9.17, 15) is 4.79 Å². The fourth-order valence-corrected chi connectivity index (χ4v) is 1.73. The van der Waals surface area contributed by atoms with Crippen molar-refractivity contribution in [2.45, 2.75) is 0 Å². The SMILES string of the molecule is COC(=O)c1cc(NC(=S)NN(C)C)ccc1Cl. The zero-order chi connectivity index (χ0) is 13.7. The Morgan fingerprint density at radius 3 is 2.67 bits per heavy atom. The lowest BCUT2D eigenvalue weighted by atomic mass is 10.2. The first kappa shape index (κ1) is 14.7. The monoisotopic (exact) mass is 287 g/mol. The summed E-state index contributed by atoms with van der Waals surface area (Å²) in [6.07, 6.45) is 0. The second kappa shape index (κ2) is 6.53. The second-order valence-corrected chi connectivity index (χ2v) is 4.46. The number of esters is 1. The molecule has 2 N–H and O–H groups in total. The molecule has 1 aromatic carbocycles. The number of methoxy groups -OCH3 is 1. The van der Waals surface area contributed by atoms with E-state index < -0.39 is 5.97 Å². The highest BCUT2D eigenvalue weighted by Crippen LogP contribution is 2.21. The van der Waals surface area contributed by atoms with E-state index in [2.05, 4.69) is 15.5 Å². The molecule has 0 atom stereocenters. The maximum Gasteiger partial charge on any atom is 0.339 e. The second-order valence-electron chi connectivity index (χ2n) is 3.65. The minimum absolute atomic E-state index is 0.289. The van der Waals surface area contributed by atoms with E-state index in [1.807, 2.05) is 14.1 Å². The van der Waals surface area contributed by atoms with Gasteiger partial charge in [0.15, 0.2) is 5.11 Å². The van der Waals surface area contributed by atoms with Crippen molar-refractivity contribution < 1.29 is 9.53 Å². The maximum atomic E-state index is 11.5. The van der Waals surface area contributed by atoms with E-state index in [-0.39, 0.29) is 5.56 Å². The van der Waals surface area contributed by atoms with Crippen LogP contribution in [0.4, 0.5) is 5.69 Å². The van der Waals surface area contributed by atoms with Gasteiger partial charge in [-0.3, -0.25) is 5.43 Å². The molecule has 0 aliphatic rings. The van der Waals surface area contributed by atoms with Gasteiger partial charge in [-0.25, -0.2) is 9.80 Å². The van der Waals surface area contributed by atoms with Crippen molar-refractivity contribution in [1.29, 1.82) is 0 Å². The first-order valence-electron chi connectivity index (χ1n) is 5.07. The molecule has 0 saturated heterocycles. The number of carbonyl (C=O) groups excluding carboxylic acids is 1. The lowest BCUT2D eigenvalue weighted by Crippen LogP contribution is -2.39. The van der Waals surface area contributed by atoms with Gasteiger partial charge in [0.25, 0.3) is 0 Å². The summed E-state index contributed by atoms with van der Waals surface area (Å²) < 4.78 is 4.63. The van der Waals surface area contributed by atoms with Gasteiger partial charge in [0.05, 0.1) is 17.7 Å². The number of nitrogens with one attached hydrogen (secondary N) is 2. The molecule has 0 radical (unpaired) electrons. The third kappa shape index (κ3) is 4.14. The van der Waals surface area contributed by atoms with Gasteiger partial charge >= 0.3 is 5.97 Å². The third-order valence-electron chi connectivity index (χ3n) is 1.95. The van der Waals surface area contributed by atoms with Crippen LogP contribution in [0.15, 0.2) is 18.2 Å².